The van der Waals surface area contributed by atoms with Gasteiger partial charge in [0.05, 0.1) is 4.90 Å². The molecule has 0 aliphatic heterocycles. The molecule has 0 aliphatic carbocycles. The molecular weight excluding hydrogens is 238 g/mol. The van der Waals surface area contributed by atoms with Crippen molar-refractivity contribution in [2.24, 2.45) is 0 Å². The van der Waals surface area contributed by atoms with Crippen LogP contribution in [0.3, 0.4) is 0 Å². The van der Waals surface area contributed by atoms with Gasteiger partial charge < -0.3 is 0 Å². The Morgan fingerprint density at radius 1 is 1.18 bits per heavy atom. The van der Waals surface area contributed by atoms with Gasteiger partial charge in [-0.15, -0.1) is 0 Å². The quantitative estimate of drug-likeness (QED) is 0.790. The van der Waals surface area contributed by atoms with Crippen molar-refractivity contribution in [1.82, 2.24) is 4.72 Å². The van der Waals surface area contributed by atoms with Crippen molar-refractivity contribution in [3.63, 3.8) is 0 Å². The molecule has 1 aromatic carbocycles. The fourth-order valence-corrected chi connectivity index (χ4v) is 2.51. The minimum atomic E-state index is -3.43. The van der Waals surface area contributed by atoms with Crippen LogP contribution in [0.25, 0.3) is 0 Å². The zero-order valence-corrected chi connectivity index (χ0v) is 10.9. The summed E-state index contributed by atoms with van der Waals surface area (Å²) in [5.74, 6) is 0.0416. The zero-order valence-electron chi connectivity index (χ0n) is 10.1. The molecule has 1 rings (SSSR count). The van der Waals surface area contributed by atoms with Crippen LogP contribution in [0.1, 0.15) is 37.0 Å². The second kappa shape index (κ2) is 5.93. The number of Topliss-reactive ketones (excluding diaryl/α,β-unsaturated/α-hetero) is 1. The minimum absolute atomic E-state index is 0.0416. The first-order valence-corrected chi connectivity index (χ1v) is 7.12. The van der Waals surface area contributed by atoms with E-state index in [-0.39, 0.29) is 10.7 Å². The highest BCUT2D eigenvalue weighted by atomic mass is 32.2. The second-order valence-electron chi connectivity index (χ2n) is 3.70. The summed E-state index contributed by atoms with van der Waals surface area (Å²) in [6.45, 7) is 4.00. The molecule has 0 aromatic heterocycles. The Labute approximate surface area is 102 Å². The van der Waals surface area contributed by atoms with Crippen LogP contribution in [0.15, 0.2) is 29.2 Å². The molecule has 1 aromatic rings. The summed E-state index contributed by atoms with van der Waals surface area (Å²) in [5.41, 5.74) is 0.558. The molecule has 0 radical (unpaired) electrons. The van der Waals surface area contributed by atoms with Crippen molar-refractivity contribution in [3.05, 3.63) is 29.8 Å². The summed E-state index contributed by atoms with van der Waals surface area (Å²) in [6.07, 6.45) is 1.27. The van der Waals surface area contributed by atoms with Crippen LogP contribution in [-0.4, -0.2) is 20.7 Å². The van der Waals surface area contributed by atoms with E-state index in [1.807, 2.05) is 6.92 Å². The maximum Gasteiger partial charge on any atom is 0.240 e. The van der Waals surface area contributed by atoms with Gasteiger partial charge in [0.25, 0.3) is 0 Å². The Morgan fingerprint density at radius 2 is 1.76 bits per heavy atom. The van der Waals surface area contributed by atoms with Crippen LogP contribution >= 0.6 is 0 Å². The number of benzene rings is 1. The molecule has 0 atom stereocenters. The Balaban J connectivity index is 2.92. The van der Waals surface area contributed by atoms with Gasteiger partial charge in [0.1, 0.15) is 0 Å². The number of hydrogen-bond donors (Lipinski definition) is 1. The molecule has 0 amide bonds. The van der Waals surface area contributed by atoms with Crippen molar-refractivity contribution in [2.75, 3.05) is 6.54 Å². The highest BCUT2D eigenvalue weighted by Crippen LogP contribution is 2.12. The van der Waals surface area contributed by atoms with E-state index in [0.717, 1.165) is 6.42 Å². The molecule has 0 unspecified atom stereocenters. The van der Waals surface area contributed by atoms with Gasteiger partial charge in [-0.25, -0.2) is 13.1 Å². The third-order valence-corrected chi connectivity index (χ3v) is 3.86. The Kier molecular flexibility index (Phi) is 4.84. The fraction of sp³-hybridized carbons (Fsp3) is 0.417. The topological polar surface area (TPSA) is 63.2 Å². The van der Waals surface area contributed by atoms with E-state index in [1.54, 1.807) is 19.1 Å². The van der Waals surface area contributed by atoms with Crippen LogP contribution in [0.4, 0.5) is 0 Å². The molecule has 0 bridgehead atoms. The van der Waals surface area contributed by atoms with Gasteiger partial charge in [-0.2, -0.15) is 0 Å². The third-order valence-electron chi connectivity index (χ3n) is 2.30. The van der Waals surface area contributed by atoms with Gasteiger partial charge in [0.2, 0.25) is 10.0 Å². The minimum Gasteiger partial charge on any atom is -0.294 e. The lowest BCUT2D eigenvalue weighted by molar-refractivity contribution is 0.0981. The second-order valence-corrected chi connectivity index (χ2v) is 5.47. The summed E-state index contributed by atoms with van der Waals surface area (Å²) in [7, 11) is -3.43. The molecular formula is C12H17NO3S. The van der Waals surface area contributed by atoms with Crippen LogP contribution < -0.4 is 4.72 Å². The van der Waals surface area contributed by atoms with Gasteiger partial charge >= 0.3 is 0 Å². The summed E-state index contributed by atoms with van der Waals surface area (Å²) in [5, 5.41) is 0. The molecule has 4 nitrogen and oxygen atoms in total. The highest BCUT2D eigenvalue weighted by molar-refractivity contribution is 7.89. The Bertz CT molecular complexity index is 477. The van der Waals surface area contributed by atoms with Gasteiger partial charge in [0, 0.05) is 18.5 Å². The molecule has 1 N–H and O–H groups in total. The van der Waals surface area contributed by atoms with Crippen molar-refractivity contribution in [3.8, 4) is 0 Å². The van der Waals surface area contributed by atoms with E-state index < -0.39 is 10.0 Å². The molecule has 17 heavy (non-hydrogen) atoms. The first-order chi connectivity index (χ1) is 8.01. The van der Waals surface area contributed by atoms with Gasteiger partial charge in [0.15, 0.2) is 5.78 Å². The molecule has 0 saturated heterocycles. The largest absolute Gasteiger partial charge is 0.294 e. The number of rotatable bonds is 6. The third kappa shape index (κ3) is 3.64. The number of sulfonamides is 1. The smallest absolute Gasteiger partial charge is 0.240 e. The molecule has 0 heterocycles. The average molecular weight is 255 g/mol. The van der Waals surface area contributed by atoms with E-state index in [4.69, 9.17) is 0 Å². The van der Waals surface area contributed by atoms with Crippen LogP contribution in [0.5, 0.6) is 0 Å². The number of hydrogen-bond acceptors (Lipinski definition) is 3. The highest BCUT2D eigenvalue weighted by Gasteiger charge is 2.13. The lowest BCUT2D eigenvalue weighted by atomic mass is 10.1. The van der Waals surface area contributed by atoms with Crippen molar-refractivity contribution >= 4 is 15.8 Å². The normalized spacial score (nSPS) is 11.4. The molecule has 0 spiro atoms. The number of ketones is 1. The van der Waals surface area contributed by atoms with Crippen LogP contribution in [0, 0.1) is 0 Å². The van der Waals surface area contributed by atoms with Crippen molar-refractivity contribution < 1.29 is 13.2 Å². The van der Waals surface area contributed by atoms with E-state index in [1.165, 1.54) is 12.1 Å². The average Bonchev–Trinajstić information content (AvgIpc) is 2.29. The lowest BCUT2D eigenvalue weighted by Gasteiger charge is -2.05. The van der Waals surface area contributed by atoms with E-state index in [2.05, 4.69) is 4.72 Å². The Hall–Kier alpha value is -1.20. The maximum atomic E-state index is 11.6. The summed E-state index contributed by atoms with van der Waals surface area (Å²) < 4.78 is 25.7. The molecule has 0 saturated carbocycles. The first-order valence-electron chi connectivity index (χ1n) is 5.64. The SMILES string of the molecule is CCCC(=O)c1ccc(S(=O)(=O)NCC)cc1. The van der Waals surface area contributed by atoms with Crippen molar-refractivity contribution in [1.29, 1.82) is 0 Å². The standard InChI is InChI=1S/C12H17NO3S/c1-3-5-12(14)10-6-8-11(9-7-10)17(15,16)13-4-2/h6-9,13H,3-5H2,1-2H3. The monoisotopic (exact) mass is 255 g/mol. The molecule has 0 aliphatic rings. The van der Waals surface area contributed by atoms with Crippen molar-refractivity contribution in [2.45, 2.75) is 31.6 Å². The van der Waals surface area contributed by atoms with Gasteiger partial charge in [-0.3, -0.25) is 4.79 Å². The summed E-state index contributed by atoms with van der Waals surface area (Å²) in [6, 6.07) is 6.03. The molecule has 5 heteroatoms. The van der Waals surface area contributed by atoms with E-state index in [9.17, 15) is 13.2 Å². The van der Waals surface area contributed by atoms with Crippen LogP contribution in [0.2, 0.25) is 0 Å². The predicted octanol–water partition coefficient (Wildman–Crippen LogP) is 1.97. The molecule has 94 valence electrons. The number of carbonyl (C=O) groups excluding carboxylic acids is 1. The van der Waals surface area contributed by atoms with Crippen LogP contribution in [-0.2, 0) is 10.0 Å². The maximum absolute atomic E-state index is 11.6. The van der Waals surface area contributed by atoms with Gasteiger partial charge in [-0.05, 0) is 18.6 Å². The molecule has 0 fully saturated rings. The fourth-order valence-electron chi connectivity index (χ4n) is 1.46. The predicted molar refractivity (Wildman–Crippen MR) is 66.5 cm³/mol. The Morgan fingerprint density at radius 3 is 2.24 bits per heavy atom. The number of carbonyl (C=O) groups is 1. The van der Waals surface area contributed by atoms with E-state index in [0.29, 0.717) is 18.5 Å². The summed E-state index contributed by atoms with van der Waals surface area (Å²) in [4.78, 5) is 11.8. The van der Waals surface area contributed by atoms with E-state index >= 15 is 0 Å². The zero-order chi connectivity index (χ0) is 12.9. The number of nitrogens with one attached hydrogen (secondary N) is 1. The summed E-state index contributed by atoms with van der Waals surface area (Å²) >= 11 is 0. The van der Waals surface area contributed by atoms with Gasteiger partial charge in [-0.1, -0.05) is 26.0 Å². The first kappa shape index (κ1) is 13.9. The lowest BCUT2D eigenvalue weighted by Crippen LogP contribution is -2.23.